The van der Waals surface area contributed by atoms with E-state index in [1.165, 1.54) is 0 Å². The van der Waals surface area contributed by atoms with Crippen LogP contribution in [0.1, 0.15) is 31.5 Å². The van der Waals surface area contributed by atoms with Crippen LogP contribution < -0.4 is 10.6 Å². The van der Waals surface area contributed by atoms with E-state index in [-0.39, 0.29) is 18.4 Å². The highest BCUT2D eigenvalue weighted by atomic mass is 16.2. The molecule has 1 unspecified atom stereocenters. The number of nitrogens with zero attached hydrogens (tertiary/aromatic N) is 2. The van der Waals surface area contributed by atoms with Crippen LogP contribution in [0.4, 0.5) is 4.79 Å². The zero-order valence-corrected chi connectivity index (χ0v) is 12.3. The van der Waals surface area contributed by atoms with Crippen LogP contribution in [0.3, 0.4) is 0 Å². The predicted molar refractivity (Wildman–Crippen MR) is 74.1 cm³/mol. The van der Waals surface area contributed by atoms with Crippen molar-refractivity contribution in [1.29, 1.82) is 0 Å². The summed E-state index contributed by atoms with van der Waals surface area (Å²) in [6, 6.07) is -0.529. The summed E-state index contributed by atoms with van der Waals surface area (Å²) in [6.45, 7) is 5.33. The molecule has 8 heteroatoms. The number of carbonyl (C=O) groups is 3. The Kier molecular flexibility index (Phi) is 3.97. The normalized spacial score (nSPS) is 21.6. The second kappa shape index (κ2) is 5.55. The number of hydrogen-bond donors (Lipinski definition) is 3. The number of amides is 4. The summed E-state index contributed by atoms with van der Waals surface area (Å²) in [4.78, 5) is 36.7. The van der Waals surface area contributed by atoms with Crippen LogP contribution in [0.2, 0.25) is 0 Å². The molecular formula is C13H19N5O3. The standard InChI is InChI=1S/C13H19N5O3/c1-4-13(3)11(20)18(12(21)16-13)7-10(19)14-5-9-6-15-17-8(9)2/h6H,4-5,7H2,1-3H3,(H,14,19)(H,15,17)(H,16,21). The largest absolute Gasteiger partial charge is 0.350 e. The topological polar surface area (TPSA) is 107 Å². The van der Waals surface area contributed by atoms with Gasteiger partial charge in [-0.3, -0.25) is 19.6 Å². The van der Waals surface area contributed by atoms with Crippen molar-refractivity contribution in [2.45, 2.75) is 39.3 Å². The molecule has 1 saturated heterocycles. The monoisotopic (exact) mass is 293 g/mol. The fourth-order valence-electron chi connectivity index (χ4n) is 2.08. The van der Waals surface area contributed by atoms with E-state index in [9.17, 15) is 14.4 Å². The molecule has 1 atom stereocenters. The van der Waals surface area contributed by atoms with Gasteiger partial charge in [-0.15, -0.1) is 0 Å². The third-order valence-corrected chi connectivity index (χ3v) is 3.76. The molecule has 0 bridgehead atoms. The molecular weight excluding hydrogens is 274 g/mol. The number of urea groups is 1. The van der Waals surface area contributed by atoms with Crippen LogP contribution in [0.15, 0.2) is 6.20 Å². The molecule has 0 aliphatic carbocycles. The predicted octanol–water partition coefficient (Wildman–Crippen LogP) is 0.0548. The first kappa shape index (κ1) is 15.0. The molecule has 4 amide bonds. The van der Waals surface area contributed by atoms with E-state index in [0.29, 0.717) is 13.0 Å². The Bertz CT molecular complexity index is 582. The van der Waals surface area contributed by atoms with Gasteiger partial charge < -0.3 is 10.6 Å². The number of H-pyrrole nitrogens is 1. The van der Waals surface area contributed by atoms with Gasteiger partial charge in [-0.05, 0) is 20.3 Å². The number of aromatic amines is 1. The van der Waals surface area contributed by atoms with Gasteiger partial charge in [0.05, 0.1) is 6.20 Å². The molecule has 0 aromatic carbocycles. The Morgan fingerprint density at radius 1 is 1.48 bits per heavy atom. The number of aromatic nitrogens is 2. The first-order chi connectivity index (χ1) is 9.87. The quantitative estimate of drug-likeness (QED) is 0.667. The molecule has 1 aromatic heterocycles. The molecule has 2 heterocycles. The number of carbonyl (C=O) groups excluding carboxylic acids is 3. The second-order valence-electron chi connectivity index (χ2n) is 5.30. The summed E-state index contributed by atoms with van der Waals surface area (Å²) in [7, 11) is 0. The maximum atomic E-state index is 12.1. The van der Waals surface area contributed by atoms with Gasteiger partial charge in [0, 0.05) is 17.8 Å². The number of rotatable bonds is 5. The minimum atomic E-state index is -0.918. The smallest absolute Gasteiger partial charge is 0.325 e. The van der Waals surface area contributed by atoms with Crippen molar-refractivity contribution in [2.24, 2.45) is 0 Å². The van der Waals surface area contributed by atoms with Gasteiger partial charge in [0.1, 0.15) is 12.1 Å². The molecule has 1 aromatic rings. The summed E-state index contributed by atoms with van der Waals surface area (Å²) >= 11 is 0. The molecule has 21 heavy (non-hydrogen) atoms. The Hall–Kier alpha value is -2.38. The van der Waals surface area contributed by atoms with Crippen LogP contribution in [0.25, 0.3) is 0 Å². The zero-order chi connectivity index (χ0) is 15.6. The van der Waals surface area contributed by atoms with Crippen molar-refractivity contribution in [2.75, 3.05) is 6.54 Å². The first-order valence-corrected chi connectivity index (χ1v) is 6.77. The van der Waals surface area contributed by atoms with Gasteiger partial charge in [0.2, 0.25) is 5.91 Å². The average molecular weight is 293 g/mol. The molecule has 1 fully saturated rings. The highest BCUT2D eigenvalue weighted by Crippen LogP contribution is 2.20. The van der Waals surface area contributed by atoms with Crippen molar-refractivity contribution >= 4 is 17.8 Å². The summed E-state index contributed by atoms with van der Waals surface area (Å²) < 4.78 is 0. The van der Waals surface area contributed by atoms with Gasteiger partial charge in [-0.2, -0.15) is 5.10 Å². The molecule has 2 rings (SSSR count). The third kappa shape index (κ3) is 2.88. The highest BCUT2D eigenvalue weighted by Gasteiger charge is 2.46. The minimum Gasteiger partial charge on any atom is -0.350 e. The molecule has 3 N–H and O–H groups in total. The number of aryl methyl sites for hydroxylation is 1. The van der Waals surface area contributed by atoms with Crippen LogP contribution in [-0.4, -0.2) is 45.0 Å². The fourth-order valence-corrected chi connectivity index (χ4v) is 2.08. The van der Waals surface area contributed by atoms with Gasteiger partial charge in [0.15, 0.2) is 0 Å². The summed E-state index contributed by atoms with van der Waals surface area (Å²) in [6.07, 6.45) is 2.10. The second-order valence-corrected chi connectivity index (χ2v) is 5.30. The summed E-state index contributed by atoms with van der Waals surface area (Å²) in [5.41, 5.74) is 0.807. The maximum Gasteiger partial charge on any atom is 0.325 e. The Morgan fingerprint density at radius 3 is 2.71 bits per heavy atom. The molecule has 0 spiro atoms. The van der Waals surface area contributed by atoms with Crippen molar-refractivity contribution in [3.8, 4) is 0 Å². The van der Waals surface area contributed by atoms with Crippen molar-refractivity contribution in [3.05, 3.63) is 17.5 Å². The molecule has 1 aliphatic rings. The van der Waals surface area contributed by atoms with Crippen LogP contribution in [0, 0.1) is 6.92 Å². The van der Waals surface area contributed by atoms with E-state index in [2.05, 4.69) is 20.8 Å². The molecule has 8 nitrogen and oxygen atoms in total. The SMILES string of the molecule is CCC1(C)NC(=O)N(CC(=O)NCc2cn[nH]c2C)C1=O. The van der Waals surface area contributed by atoms with Crippen molar-refractivity contribution in [3.63, 3.8) is 0 Å². The summed E-state index contributed by atoms with van der Waals surface area (Å²) in [5.74, 6) is -0.760. The van der Waals surface area contributed by atoms with Crippen LogP contribution in [0.5, 0.6) is 0 Å². The van der Waals surface area contributed by atoms with E-state index in [4.69, 9.17) is 0 Å². The fraction of sp³-hybridized carbons (Fsp3) is 0.538. The number of nitrogens with one attached hydrogen (secondary N) is 3. The van der Waals surface area contributed by atoms with E-state index >= 15 is 0 Å². The minimum absolute atomic E-state index is 0.281. The summed E-state index contributed by atoms with van der Waals surface area (Å²) in [5, 5.41) is 11.9. The molecule has 114 valence electrons. The Morgan fingerprint density at radius 2 is 2.19 bits per heavy atom. The van der Waals surface area contributed by atoms with Gasteiger partial charge in [-0.25, -0.2) is 4.79 Å². The van der Waals surface area contributed by atoms with Gasteiger partial charge in [-0.1, -0.05) is 6.92 Å². The van der Waals surface area contributed by atoms with Crippen LogP contribution >= 0.6 is 0 Å². The first-order valence-electron chi connectivity index (χ1n) is 6.77. The number of hydrogen-bond acceptors (Lipinski definition) is 4. The maximum absolute atomic E-state index is 12.1. The number of imide groups is 1. The van der Waals surface area contributed by atoms with Crippen molar-refractivity contribution < 1.29 is 14.4 Å². The van der Waals surface area contributed by atoms with E-state index < -0.39 is 11.6 Å². The Balaban J connectivity index is 1.92. The third-order valence-electron chi connectivity index (χ3n) is 3.76. The lowest BCUT2D eigenvalue weighted by Crippen LogP contribution is -2.44. The van der Waals surface area contributed by atoms with Crippen LogP contribution in [-0.2, 0) is 16.1 Å². The Labute approximate surface area is 122 Å². The molecule has 0 radical (unpaired) electrons. The van der Waals surface area contributed by atoms with Gasteiger partial charge in [0.25, 0.3) is 5.91 Å². The zero-order valence-electron chi connectivity index (χ0n) is 12.3. The van der Waals surface area contributed by atoms with E-state index in [0.717, 1.165) is 16.2 Å². The lowest BCUT2D eigenvalue weighted by Gasteiger charge is -2.19. The van der Waals surface area contributed by atoms with E-state index in [1.807, 2.05) is 13.8 Å². The molecule has 1 aliphatic heterocycles. The lowest BCUT2D eigenvalue weighted by molar-refractivity contribution is -0.134. The van der Waals surface area contributed by atoms with Crippen molar-refractivity contribution in [1.82, 2.24) is 25.7 Å². The van der Waals surface area contributed by atoms with Gasteiger partial charge >= 0.3 is 6.03 Å². The molecule has 0 saturated carbocycles. The average Bonchev–Trinajstić information content (AvgIpc) is 2.94. The lowest BCUT2D eigenvalue weighted by atomic mass is 9.99. The van der Waals surface area contributed by atoms with E-state index in [1.54, 1.807) is 13.1 Å². The highest BCUT2D eigenvalue weighted by molar-refractivity contribution is 6.08.